The Morgan fingerprint density at radius 3 is 2.74 bits per heavy atom. The Kier molecular flexibility index (Phi) is 6.34. The highest BCUT2D eigenvalue weighted by molar-refractivity contribution is 5.79. The van der Waals surface area contributed by atoms with Crippen molar-refractivity contribution < 1.29 is 14.3 Å². The molecule has 4 heterocycles. The molecule has 2 aromatic rings. The Bertz CT molecular complexity index is 848. The van der Waals surface area contributed by atoms with Gasteiger partial charge in [0.15, 0.2) is 0 Å². The minimum Gasteiger partial charge on any atom is -0.381 e. The molecule has 0 saturated carbocycles. The maximum atomic E-state index is 13.0. The molecule has 0 bridgehead atoms. The van der Waals surface area contributed by atoms with Crippen LogP contribution in [0.25, 0.3) is 5.69 Å². The number of hydrogen-bond donors (Lipinski definition) is 1. The van der Waals surface area contributed by atoms with E-state index < -0.39 is 0 Å². The fourth-order valence-corrected chi connectivity index (χ4v) is 5.18. The summed E-state index contributed by atoms with van der Waals surface area (Å²) in [6, 6.07) is 9.01. The van der Waals surface area contributed by atoms with Crippen LogP contribution in [0.1, 0.15) is 31.2 Å². The topological polar surface area (TPSA) is 68.6 Å². The molecule has 3 fully saturated rings. The number of rotatable bonds is 6. The van der Waals surface area contributed by atoms with E-state index in [9.17, 15) is 4.79 Å². The third-order valence-electron chi connectivity index (χ3n) is 7.02. The normalized spacial score (nSPS) is 27.2. The molecule has 3 saturated heterocycles. The van der Waals surface area contributed by atoms with Gasteiger partial charge in [0.1, 0.15) is 0 Å². The average molecular weight is 425 g/mol. The third-order valence-corrected chi connectivity index (χ3v) is 7.02. The third kappa shape index (κ3) is 4.84. The molecule has 0 spiro atoms. The first-order chi connectivity index (χ1) is 15.3. The summed E-state index contributed by atoms with van der Waals surface area (Å²) in [5, 5.41) is 3.22. The lowest BCUT2D eigenvalue weighted by Crippen LogP contribution is -2.52. The van der Waals surface area contributed by atoms with Crippen molar-refractivity contribution >= 4 is 5.91 Å². The first kappa shape index (κ1) is 20.7. The molecule has 1 aromatic heterocycles. The largest absolute Gasteiger partial charge is 0.381 e. The summed E-state index contributed by atoms with van der Waals surface area (Å²) >= 11 is 0. The van der Waals surface area contributed by atoms with Crippen molar-refractivity contribution in [2.75, 3.05) is 32.9 Å². The molecular formula is C24H32N4O3. The minimum absolute atomic E-state index is 0.00980. The minimum atomic E-state index is -0.00980. The summed E-state index contributed by atoms with van der Waals surface area (Å²) in [6.45, 7) is 4.83. The second-order valence-electron chi connectivity index (χ2n) is 9.06. The number of carbonyl (C=O) groups excluding carboxylic acids is 1. The van der Waals surface area contributed by atoms with Gasteiger partial charge in [-0.15, -0.1) is 0 Å². The van der Waals surface area contributed by atoms with E-state index in [-0.39, 0.29) is 17.9 Å². The summed E-state index contributed by atoms with van der Waals surface area (Å²) < 4.78 is 13.5. The van der Waals surface area contributed by atoms with Gasteiger partial charge in [-0.3, -0.25) is 9.69 Å². The van der Waals surface area contributed by atoms with Crippen LogP contribution in [0.4, 0.5) is 0 Å². The zero-order valence-corrected chi connectivity index (χ0v) is 18.0. The number of nitrogens with zero attached hydrogens (tertiary/aromatic N) is 3. The lowest BCUT2D eigenvalue weighted by atomic mass is 9.88. The van der Waals surface area contributed by atoms with Crippen LogP contribution in [0.5, 0.6) is 0 Å². The summed E-state index contributed by atoms with van der Waals surface area (Å²) in [6.07, 6.45) is 9.68. The molecule has 0 unspecified atom stereocenters. The van der Waals surface area contributed by atoms with Crippen LogP contribution >= 0.6 is 0 Å². The lowest BCUT2D eigenvalue weighted by molar-refractivity contribution is -0.130. The van der Waals surface area contributed by atoms with Gasteiger partial charge >= 0.3 is 0 Å². The molecule has 3 aliphatic rings. The van der Waals surface area contributed by atoms with E-state index >= 15 is 0 Å². The summed E-state index contributed by atoms with van der Waals surface area (Å²) in [4.78, 5) is 19.6. The Balaban J connectivity index is 1.21. The number of benzene rings is 1. The van der Waals surface area contributed by atoms with Gasteiger partial charge in [-0.25, -0.2) is 4.98 Å². The molecule has 5 rings (SSSR count). The second kappa shape index (κ2) is 9.51. The Labute approximate surface area is 183 Å². The maximum Gasteiger partial charge on any atom is 0.224 e. The fraction of sp³-hybridized carbons (Fsp3) is 0.583. The van der Waals surface area contributed by atoms with E-state index in [1.807, 2.05) is 17.1 Å². The highest BCUT2D eigenvalue weighted by Crippen LogP contribution is 2.32. The molecule has 3 aliphatic heterocycles. The first-order valence-corrected chi connectivity index (χ1v) is 11.5. The molecule has 166 valence electrons. The van der Waals surface area contributed by atoms with Gasteiger partial charge in [-0.05, 0) is 49.3 Å². The molecule has 3 atom stereocenters. The predicted molar refractivity (Wildman–Crippen MR) is 117 cm³/mol. The number of nitrogens with one attached hydrogen (secondary N) is 1. The van der Waals surface area contributed by atoms with Crippen LogP contribution in [-0.4, -0.2) is 65.4 Å². The quantitative estimate of drug-likeness (QED) is 0.771. The number of aromatic nitrogens is 2. The van der Waals surface area contributed by atoms with Gasteiger partial charge in [-0.2, -0.15) is 0 Å². The van der Waals surface area contributed by atoms with Crippen molar-refractivity contribution in [3.8, 4) is 5.69 Å². The van der Waals surface area contributed by atoms with Crippen molar-refractivity contribution in [3.63, 3.8) is 0 Å². The zero-order chi connectivity index (χ0) is 21.0. The van der Waals surface area contributed by atoms with Gasteiger partial charge in [-0.1, -0.05) is 12.1 Å². The highest BCUT2D eigenvalue weighted by atomic mass is 16.5. The number of fused-ring (bicyclic) bond motifs is 1. The number of piperidine rings is 1. The lowest BCUT2D eigenvalue weighted by Gasteiger charge is -2.40. The number of amides is 1. The van der Waals surface area contributed by atoms with E-state index in [2.05, 4.69) is 39.5 Å². The van der Waals surface area contributed by atoms with E-state index in [0.717, 1.165) is 70.8 Å². The van der Waals surface area contributed by atoms with Crippen molar-refractivity contribution in [1.82, 2.24) is 19.8 Å². The maximum absolute atomic E-state index is 13.0. The molecule has 7 heteroatoms. The van der Waals surface area contributed by atoms with Gasteiger partial charge in [0.05, 0.1) is 18.3 Å². The van der Waals surface area contributed by atoms with Crippen molar-refractivity contribution in [2.24, 2.45) is 11.8 Å². The molecule has 0 radical (unpaired) electrons. The van der Waals surface area contributed by atoms with E-state index in [1.54, 1.807) is 6.20 Å². The smallest absolute Gasteiger partial charge is 0.224 e. The van der Waals surface area contributed by atoms with Crippen LogP contribution in [0, 0.1) is 11.8 Å². The van der Waals surface area contributed by atoms with E-state index in [1.165, 1.54) is 5.56 Å². The molecule has 1 N–H and O–H groups in total. The molecule has 0 aliphatic carbocycles. The van der Waals surface area contributed by atoms with Crippen molar-refractivity contribution in [1.29, 1.82) is 0 Å². The van der Waals surface area contributed by atoms with Crippen LogP contribution < -0.4 is 5.32 Å². The first-order valence-electron chi connectivity index (χ1n) is 11.5. The SMILES string of the molecule is O=C(NCC1CCOCC1)[C@H]1C[C@H]2OCC[C@H]2N(Cc2ccc(-n3ccnc3)cc2)C1. The van der Waals surface area contributed by atoms with Crippen molar-refractivity contribution in [2.45, 2.75) is 44.4 Å². The standard InChI is InChI=1S/C24H32N4O3/c29-24(26-14-18-5-10-30-11-6-18)20-13-23-22(7-12-31-23)28(16-20)15-19-1-3-21(4-2-19)27-9-8-25-17-27/h1-4,8-9,17-18,20,22-23H,5-7,10-16H2,(H,26,29)/t20-,22+,23+/m0/s1. The molecule has 7 nitrogen and oxygen atoms in total. The Morgan fingerprint density at radius 2 is 1.97 bits per heavy atom. The van der Waals surface area contributed by atoms with Crippen LogP contribution in [0.3, 0.4) is 0 Å². The van der Waals surface area contributed by atoms with Gasteiger partial charge in [0.25, 0.3) is 0 Å². The number of likely N-dealkylation sites (tertiary alicyclic amines) is 1. The summed E-state index contributed by atoms with van der Waals surface area (Å²) in [7, 11) is 0. The highest BCUT2D eigenvalue weighted by Gasteiger charge is 2.42. The van der Waals surface area contributed by atoms with Crippen LogP contribution in [0.15, 0.2) is 43.0 Å². The molecule has 1 aromatic carbocycles. The average Bonchev–Trinajstić information content (AvgIpc) is 3.51. The summed E-state index contributed by atoms with van der Waals surface area (Å²) in [5.74, 6) is 0.715. The number of hydrogen-bond acceptors (Lipinski definition) is 5. The van der Waals surface area contributed by atoms with Gasteiger partial charge in [0, 0.05) is 63.6 Å². The van der Waals surface area contributed by atoms with Gasteiger partial charge in [0.2, 0.25) is 5.91 Å². The molecule has 1 amide bonds. The Morgan fingerprint density at radius 1 is 1.13 bits per heavy atom. The monoisotopic (exact) mass is 424 g/mol. The zero-order valence-electron chi connectivity index (χ0n) is 18.0. The fourth-order valence-electron chi connectivity index (χ4n) is 5.18. The molecule has 31 heavy (non-hydrogen) atoms. The van der Waals surface area contributed by atoms with E-state index in [4.69, 9.17) is 9.47 Å². The second-order valence-corrected chi connectivity index (χ2v) is 9.06. The summed E-state index contributed by atoms with van der Waals surface area (Å²) in [5.41, 5.74) is 2.37. The van der Waals surface area contributed by atoms with E-state index in [0.29, 0.717) is 12.0 Å². The number of ether oxygens (including phenoxy) is 2. The predicted octanol–water partition coefficient (Wildman–Crippen LogP) is 2.39. The van der Waals surface area contributed by atoms with Gasteiger partial charge < -0.3 is 19.4 Å². The van der Waals surface area contributed by atoms with Crippen molar-refractivity contribution in [3.05, 3.63) is 48.5 Å². The van der Waals surface area contributed by atoms with Crippen LogP contribution in [-0.2, 0) is 20.8 Å². The van der Waals surface area contributed by atoms with Crippen LogP contribution in [0.2, 0.25) is 0 Å². The molecular weight excluding hydrogens is 392 g/mol. The number of carbonyl (C=O) groups is 1. The number of imidazole rings is 1. The Hall–Kier alpha value is -2.22.